The molecule has 1 saturated heterocycles. The maximum atomic E-state index is 6.67. The third kappa shape index (κ3) is 4.51. The predicted octanol–water partition coefficient (Wildman–Crippen LogP) is 6.74. The molecule has 0 spiro atoms. The van der Waals surface area contributed by atoms with Crippen LogP contribution in [0.4, 0.5) is 11.4 Å². The number of morpholine rings is 1. The minimum atomic E-state index is 0.823. The van der Waals surface area contributed by atoms with Gasteiger partial charge in [-0.2, -0.15) is 10.2 Å². The number of hydrogen-bond donors (Lipinski definition) is 2. The number of aromatic nitrogens is 4. The van der Waals surface area contributed by atoms with Crippen molar-refractivity contribution in [2.24, 2.45) is 0 Å². The lowest BCUT2D eigenvalue weighted by atomic mass is 10.0. The van der Waals surface area contributed by atoms with Crippen molar-refractivity contribution < 1.29 is 9.47 Å². The van der Waals surface area contributed by atoms with Gasteiger partial charge in [0.15, 0.2) is 11.5 Å². The predicted molar refractivity (Wildman–Crippen MR) is 162 cm³/mol. The van der Waals surface area contributed by atoms with Crippen LogP contribution in [0.2, 0.25) is 0 Å². The molecule has 0 saturated carbocycles. The number of rotatable bonds is 6. The first kappa shape index (κ1) is 24.2. The van der Waals surface area contributed by atoms with Crippen LogP contribution in [0, 0.1) is 0 Å². The Labute approximate surface area is 237 Å². The van der Waals surface area contributed by atoms with Crippen molar-refractivity contribution in [3.63, 3.8) is 0 Å². The van der Waals surface area contributed by atoms with E-state index in [0.29, 0.717) is 0 Å². The molecule has 0 amide bonds. The molecule has 8 heteroatoms. The van der Waals surface area contributed by atoms with Gasteiger partial charge in [0.2, 0.25) is 0 Å². The molecular formula is C33H30N6O2. The highest BCUT2D eigenvalue weighted by atomic mass is 16.5. The Morgan fingerprint density at radius 2 is 1.17 bits per heavy atom. The maximum Gasteiger partial charge on any atom is 0.151 e. The van der Waals surface area contributed by atoms with Crippen LogP contribution in [-0.2, 0) is 4.74 Å². The Hall–Kier alpha value is -4.66. The molecule has 8 rings (SSSR count). The van der Waals surface area contributed by atoms with Gasteiger partial charge in [0, 0.05) is 37.0 Å². The molecule has 4 aromatic carbocycles. The summed E-state index contributed by atoms with van der Waals surface area (Å²) in [5.74, 6) is 1.74. The molecule has 8 nitrogen and oxygen atoms in total. The van der Waals surface area contributed by atoms with Gasteiger partial charge in [0.25, 0.3) is 0 Å². The summed E-state index contributed by atoms with van der Waals surface area (Å²) >= 11 is 0. The normalized spacial score (nSPS) is 15.2. The molecule has 204 valence electrons. The van der Waals surface area contributed by atoms with E-state index in [0.717, 1.165) is 113 Å². The van der Waals surface area contributed by atoms with Crippen LogP contribution < -0.4 is 9.64 Å². The minimum absolute atomic E-state index is 0.823. The smallest absolute Gasteiger partial charge is 0.151 e. The molecule has 0 aliphatic carbocycles. The maximum absolute atomic E-state index is 6.67. The zero-order chi connectivity index (χ0) is 27.2. The fourth-order valence-corrected chi connectivity index (χ4v) is 6.01. The Bertz CT molecular complexity index is 1750. The first-order valence-electron chi connectivity index (χ1n) is 14.2. The Balaban J connectivity index is 1.15. The minimum Gasteiger partial charge on any atom is -0.453 e. The number of nitrogens with zero attached hydrogens (tertiary/aromatic N) is 4. The highest BCUT2D eigenvalue weighted by molar-refractivity contribution is 5.88. The van der Waals surface area contributed by atoms with Crippen molar-refractivity contribution in [1.82, 2.24) is 25.3 Å². The van der Waals surface area contributed by atoms with Crippen molar-refractivity contribution in [1.29, 1.82) is 0 Å². The van der Waals surface area contributed by atoms with E-state index in [1.165, 1.54) is 0 Å². The second-order valence-corrected chi connectivity index (χ2v) is 10.8. The van der Waals surface area contributed by atoms with E-state index in [4.69, 9.17) is 9.47 Å². The summed E-state index contributed by atoms with van der Waals surface area (Å²) < 4.78 is 12.2. The van der Waals surface area contributed by atoms with Gasteiger partial charge in [-0.25, -0.2) is 0 Å². The topological polar surface area (TPSA) is 82.3 Å². The summed E-state index contributed by atoms with van der Waals surface area (Å²) in [6.07, 6.45) is 4.78. The summed E-state index contributed by atoms with van der Waals surface area (Å²) in [6.45, 7) is 5.61. The van der Waals surface area contributed by atoms with E-state index in [1.54, 1.807) is 0 Å². The van der Waals surface area contributed by atoms with Gasteiger partial charge in [0.05, 0.1) is 48.0 Å². The molecule has 6 aromatic rings. The molecule has 0 bridgehead atoms. The largest absolute Gasteiger partial charge is 0.453 e. The van der Waals surface area contributed by atoms with Gasteiger partial charge in [-0.05, 0) is 77.2 Å². The third-order valence-corrected chi connectivity index (χ3v) is 8.23. The molecular weight excluding hydrogens is 512 g/mol. The zero-order valence-electron chi connectivity index (χ0n) is 22.6. The number of benzene rings is 4. The Morgan fingerprint density at radius 3 is 1.76 bits per heavy atom. The van der Waals surface area contributed by atoms with E-state index < -0.39 is 0 Å². The zero-order valence-corrected chi connectivity index (χ0v) is 22.6. The van der Waals surface area contributed by atoms with Crippen LogP contribution in [0.1, 0.15) is 6.42 Å². The van der Waals surface area contributed by atoms with Gasteiger partial charge < -0.3 is 14.4 Å². The van der Waals surface area contributed by atoms with Crippen LogP contribution in [0.15, 0.2) is 85.2 Å². The Kier molecular flexibility index (Phi) is 5.93. The average molecular weight is 543 g/mol. The van der Waals surface area contributed by atoms with Gasteiger partial charge >= 0.3 is 0 Å². The van der Waals surface area contributed by atoms with Crippen molar-refractivity contribution in [2.45, 2.75) is 6.42 Å². The van der Waals surface area contributed by atoms with Crippen LogP contribution in [0.3, 0.4) is 0 Å². The Morgan fingerprint density at radius 1 is 0.634 bits per heavy atom. The molecule has 0 atom stereocenters. The first-order chi connectivity index (χ1) is 20.3. The molecule has 2 aliphatic rings. The van der Waals surface area contributed by atoms with Gasteiger partial charge in [0.1, 0.15) is 0 Å². The fourth-order valence-electron chi connectivity index (χ4n) is 6.01. The summed E-state index contributed by atoms with van der Waals surface area (Å²) in [5.41, 5.74) is 8.76. The number of H-pyrrole nitrogens is 2. The van der Waals surface area contributed by atoms with Gasteiger partial charge in [-0.15, -0.1) is 0 Å². The first-order valence-corrected chi connectivity index (χ1v) is 14.2. The van der Waals surface area contributed by atoms with Crippen LogP contribution in [0.5, 0.6) is 11.5 Å². The summed E-state index contributed by atoms with van der Waals surface area (Å²) in [5, 5.41) is 16.6. The van der Waals surface area contributed by atoms with Gasteiger partial charge in [-0.3, -0.25) is 15.1 Å². The molecule has 0 unspecified atom stereocenters. The van der Waals surface area contributed by atoms with E-state index >= 15 is 0 Å². The van der Waals surface area contributed by atoms with Crippen molar-refractivity contribution in [3.05, 3.63) is 85.2 Å². The highest BCUT2D eigenvalue weighted by Gasteiger charge is 2.26. The lowest BCUT2D eigenvalue weighted by Gasteiger charge is -2.34. The molecule has 2 N–H and O–H groups in total. The number of anilines is 2. The number of fused-ring (bicyclic) bond motifs is 4. The van der Waals surface area contributed by atoms with E-state index in [9.17, 15) is 0 Å². The number of ether oxygens (including phenoxy) is 2. The standard InChI is InChI=1S/C33H30N6O2/c1(10-38-12-14-40-15-13-38)11-39-30-8-4-24(22-2-6-28-26(16-22)20-34-36-28)18-32(30)41-33-19-25(5-9-31(33)39)23-3-7-29-27(17-23)21-35-37-29/h2-9,16-21H,1,10-15H2,(H,34,36)(H,35,37). The summed E-state index contributed by atoms with van der Waals surface area (Å²) in [7, 11) is 0. The SMILES string of the molecule is c1cc2c(cc1-c1ccc3[nH]ncc3c1)Oc1cc(-c3ccc4[nH]ncc4c3)ccc1N2CCCN1CCOCC1. The van der Waals surface area contributed by atoms with Crippen molar-refractivity contribution >= 4 is 33.2 Å². The van der Waals surface area contributed by atoms with Crippen molar-refractivity contribution in [3.8, 4) is 33.8 Å². The van der Waals surface area contributed by atoms with Crippen LogP contribution in [0.25, 0.3) is 44.1 Å². The fraction of sp³-hybridized carbons (Fsp3) is 0.212. The van der Waals surface area contributed by atoms with Crippen LogP contribution >= 0.6 is 0 Å². The second kappa shape index (κ2) is 10.1. The molecule has 0 radical (unpaired) electrons. The molecule has 2 aromatic heterocycles. The summed E-state index contributed by atoms with van der Waals surface area (Å²) in [4.78, 5) is 4.91. The molecule has 2 aliphatic heterocycles. The quantitative estimate of drug-likeness (QED) is 0.243. The lowest BCUT2D eigenvalue weighted by Crippen LogP contribution is -2.38. The molecule has 4 heterocycles. The highest BCUT2D eigenvalue weighted by Crippen LogP contribution is 2.49. The monoisotopic (exact) mass is 542 g/mol. The summed E-state index contributed by atoms with van der Waals surface area (Å²) in [6, 6.07) is 25.9. The van der Waals surface area contributed by atoms with E-state index in [2.05, 4.69) is 103 Å². The average Bonchev–Trinajstić information content (AvgIpc) is 3.69. The number of nitrogens with one attached hydrogen (secondary N) is 2. The van der Waals surface area contributed by atoms with E-state index in [-0.39, 0.29) is 0 Å². The molecule has 1 fully saturated rings. The van der Waals surface area contributed by atoms with Crippen LogP contribution in [-0.4, -0.2) is 64.7 Å². The third-order valence-electron chi connectivity index (χ3n) is 8.23. The molecule has 41 heavy (non-hydrogen) atoms. The van der Waals surface area contributed by atoms with E-state index in [1.807, 2.05) is 12.4 Å². The number of hydrogen-bond acceptors (Lipinski definition) is 6. The lowest BCUT2D eigenvalue weighted by molar-refractivity contribution is 0.0377. The van der Waals surface area contributed by atoms with Gasteiger partial charge in [-0.1, -0.05) is 24.3 Å². The van der Waals surface area contributed by atoms with Crippen molar-refractivity contribution in [2.75, 3.05) is 44.3 Å². The second-order valence-electron chi connectivity index (χ2n) is 10.8. The number of aromatic amines is 2.